The summed E-state index contributed by atoms with van der Waals surface area (Å²) in [5, 5.41) is 6.14. The molecule has 0 aliphatic heterocycles. The molecular weight excluding hydrogens is 829 g/mol. The number of amides is 2. The lowest BCUT2D eigenvalue weighted by molar-refractivity contribution is -0.118. The van der Waals surface area contributed by atoms with E-state index in [2.05, 4.69) is 73.0 Å². The predicted molar refractivity (Wildman–Crippen MR) is 307 cm³/mol. The van der Waals surface area contributed by atoms with Gasteiger partial charge in [-0.1, -0.05) is 282 Å². The van der Waals surface area contributed by atoms with Crippen molar-refractivity contribution in [2.24, 2.45) is 11.8 Å². The van der Waals surface area contributed by atoms with Gasteiger partial charge in [0.2, 0.25) is 11.8 Å². The highest BCUT2D eigenvalue weighted by molar-refractivity contribution is 5.96. The summed E-state index contributed by atoms with van der Waals surface area (Å²) in [6.07, 6.45) is 3.58. The van der Waals surface area contributed by atoms with E-state index in [9.17, 15) is 9.59 Å². The SMILES string of the molecule is CC.CC.CC.CC.CC.CC.CC.CC.CC(Cc1ccccc1)C[C@@H](C(=O)Nc1ccccc1)c1ccccc1.CC(Cc1ccccc1)C[C@H](C(=O)Nc1ccccc1)c1ccccc1. The second-order valence-electron chi connectivity index (χ2n) is 13.7. The third kappa shape index (κ3) is 31.3. The zero-order valence-electron chi connectivity index (χ0n) is 46.3. The van der Waals surface area contributed by atoms with Crippen molar-refractivity contribution in [2.45, 2.75) is 162 Å². The van der Waals surface area contributed by atoms with Gasteiger partial charge in [0.05, 0.1) is 11.8 Å². The van der Waals surface area contributed by atoms with Crippen molar-refractivity contribution in [3.8, 4) is 0 Å². The van der Waals surface area contributed by atoms with Gasteiger partial charge in [-0.3, -0.25) is 9.59 Å². The van der Waals surface area contributed by atoms with E-state index in [-0.39, 0.29) is 23.7 Å². The quantitative estimate of drug-likeness (QED) is 0.114. The van der Waals surface area contributed by atoms with Gasteiger partial charge in [-0.15, -0.1) is 0 Å². The third-order valence-electron chi connectivity index (χ3n) is 9.25. The van der Waals surface area contributed by atoms with E-state index in [0.29, 0.717) is 11.8 Å². The molecular formula is C64H98N2O2. The molecule has 0 radical (unpaired) electrons. The van der Waals surface area contributed by atoms with Gasteiger partial charge < -0.3 is 10.6 Å². The van der Waals surface area contributed by atoms with Gasteiger partial charge in [0.15, 0.2) is 0 Å². The maximum atomic E-state index is 13.0. The summed E-state index contributed by atoms with van der Waals surface area (Å²) in [5.41, 5.74) is 6.45. The Kier molecular flexibility index (Phi) is 51.3. The molecule has 4 atom stereocenters. The lowest BCUT2D eigenvalue weighted by atomic mass is 9.86. The van der Waals surface area contributed by atoms with Gasteiger partial charge in [-0.25, -0.2) is 0 Å². The Labute approximate surface area is 419 Å². The summed E-state index contributed by atoms with van der Waals surface area (Å²) < 4.78 is 0. The van der Waals surface area contributed by atoms with Gasteiger partial charge in [0, 0.05) is 11.4 Å². The summed E-state index contributed by atoms with van der Waals surface area (Å²) in [6.45, 7) is 36.4. The first kappa shape index (κ1) is 68.8. The average molecular weight is 928 g/mol. The van der Waals surface area contributed by atoms with Crippen LogP contribution in [0.15, 0.2) is 182 Å². The van der Waals surface area contributed by atoms with Crippen LogP contribution in [0.4, 0.5) is 11.4 Å². The monoisotopic (exact) mass is 927 g/mol. The Balaban J connectivity index is -0.000000465. The van der Waals surface area contributed by atoms with Crippen LogP contribution in [0.25, 0.3) is 0 Å². The molecule has 0 aliphatic carbocycles. The minimum atomic E-state index is -0.157. The number of hydrogen-bond donors (Lipinski definition) is 2. The van der Waals surface area contributed by atoms with E-state index in [1.54, 1.807) is 0 Å². The topological polar surface area (TPSA) is 58.2 Å². The minimum absolute atomic E-state index is 0.0577. The molecule has 376 valence electrons. The van der Waals surface area contributed by atoms with Gasteiger partial charge in [-0.05, 0) is 84.0 Å². The first-order chi connectivity index (χ1) is 33.4. The number of carbonyl (C=O) groups excluding carboxylic acids is 2. The molecule has 0 aromatic heterocycles. The van der Waals surface area contributed by atoms with Crippen molar-refractivity contribution in [1.29, 1.82) is 0 Å². The Morgan fingerprint density at radius 3 is 0.765 bits per heavy atom. The maximum absolute atomic E-state index is 13.0. The highest BCUT2D eigenvalue weighted by atomic mass is 16.2. The number of carbonyl (C=O) groups is 2. The van der Waals surface area contributed by atoms with Crippen molar-refractivity contribution in [3.05, 3.63) is 204 Å². The molecule has 6 aromatic carbocycles. The molecule has 68 heavy (non-hydrogen) atoms. The molecule has 2 N–H and O–H groups in total. The number of benzene rings is 6. The van der Waals surface area contributed by atoms with Gasteiger partial charge in [0.25, 0.3) is 0 Å². The summed E-state index contributed by atoms with van der Waals surface area (Å²) in [4.78, 5) is 26.0. The van der Waals surface area contributed by atoms with Crippen LogP contribution in [0, 0.1) is 11.8 Å². The van der Waals surface area contributed by atoms with E-state index >= 15 is 0 Å². The molecule has 0 fully saturated rings. The van der Waals surface area contributed by atoms with Crippen LogP contribution in [0.5, 0.6) is 0 Å². The fraction of sp³-hybridized carbons (Fsp3) is 0.406. The van der Waals surface area contributed by atoms with Crippen LogP contribution in [0.2, 0.25) is 0 Å². The van der Waals surface area contributed by atoms with Gasteiger partial charge in [-0.2, -0.15) is 0 Å². The summed E-state index contributed by atoms with van der Waals surface area (Å²) in [7, 11) is 0. The molecule has 0 saturated heterocycles. The molecule has 6 rings (SSSR count). The molecule has 2 unspecified atom stereocenters. The van der Waals surface area contributed by atoms with E-state index in [1.165, 1.54) is 11.1 Å². The zero-order chi connectivity index (χ0) is 52.4. The maximum Gasteiger partial charge on any atom is 0.231 e. The van der Waals surface area contributed by atoms with Crippen molar-refractivity contribution < 1.29 is 9.59 Å². The lowest BCUT2D eigenvalue weighted by Gasteiger charge is -2.21. The van der Waals surface area contributed by atoms with Crippen molar-refractivity contribution >= 4 is 23.2 Å². The van der Waals surface area contributed by atoms with Crippen LogP contribution in [0.3, 0.4) is 0 Å². The largest absolute Gasteiger partial charge is 0.326 e. The molecule has 0 aliphatic rings. The Morgan fingerprint density at radius 1 is 0.324 bits per heavy atom. The van der Waals surface area contributed by atoms with Crippen LogP contribution in [0.1, 0.15) is 172 Å². The Hall–Kier alpha value is -5.74. The second-order valence-corrected chi connectivity index (χ2v) is 13.7. The van der Waals surface area contributed by atoms with E-state index in [0.717, 1.165) is 48.2 Å². The van der Waals surface area contributed by atoms with Crippen LogP contribution in [-0.4, -0.2) is 11.8 Å². The molecule has 4 heteroatoms. The second kappa shape index (κ2) is 50.7. The fourth-order valence-corrected chi connectivity index (χ4v) is 6.67. The molecule has 4 nitrogen and oxygen atoms in total. The highest BCUT2D eigenvalue weighted by Gasteiger charge is 2.24. The normalized spacial score (nSPS) is 10.6. The number of hydrogen-bond acceptors (Lipinski definition) is 2. The lowest BCUT2D eigenvalue weighted by Crippen LogP contribution is -2.23. The predicted octanol–water partition coefficient (Wildman–Crippen LogP) is 19.6. The smallest absolute Gasteiger partial charge is 0.231 e. The molecule has 2 amide bonds. The summed E-state index contributed by atoms with van der Waals surface area (Å²) in [6, 6.07) is 60.5. The van der Waals surface area contributed by atoms with Crippen molar-refractivity contribution in [1.82, 2.24) is 0 Å². The van der Waals surface area contributed by atoms with E-state index in [1.807, 2.05) is 244 Å². The molecule has 0 bridgehead atoms. The number of anilines is 2. The van der Waals surface area contributed by atoms with E-state index < -0.39 is 0 Å². The first-order valence-corrected chi connectivity index (χ1v) is 26.3. The van der Waals surface area contributed by atoms with Crippen LogP contribution >= 0.6 is 0 Å². The molecule has 0 heterocycles. The van der Waals surface area contributed by atoms with Crippen molar-refractivity contribution in [2.75, 3.05) is 10.6 Å². The Bertz CT molecular complexity index is 1740. The standard InChI is InChI=1S/2C24H25NO.8C2H6/c2*1-19(17-20-11-5-2-6-12-20)18-23(21-13-7-3-8-14-21)24(26)25-22-15-9-4-10-16-22;8*1-2/h2*2-16,19,23H,17-18H2,1H3,(H,25,26);8*1-2H3/t2*19?,23-;;;;;;;;/m10......../s1. The number of nitrogens with one attached hydrogen (secondary N) is 2. The molecule has 0 spiro atoms. The zero-order valence-corrected chi connectivity index (χ0v) is 46.3. The van der Waals surface area contributed by atoms with E-state index in [4.69, 9.17) is 0 Å². The minimum Gasteiger partial charge on any atom is -0.326 e. The van der Waals surface area contributed by atoms with Crippen molar-refractivity contribution in [3.63, 3.8) is 0 Å². The average Bonchev–Trinajstić information content (AvgIpc) is 3.43. The Morgan fingerprint density at radius 2 is 0.529 bits per heavy atom. The van der Waals surface area contributed by atoms with Gasteiger partial charge in [0.1, 0.15) is 0 Å². The highest BCUT2D eigenvalue weighted by Crippen LogP contribution is 2.29. The van der Waals surface area contributed by atoms with Crippen LogP contribution in [-0.2, 0) is 22.4 Å². The number of rotatable bonds is 14. The fourth-order valence-electron chi connectivity index (χ4n) is 6.67. The van der Waals surface area contributed by atoms with Gasteiger partial charge >= 0.3 is 0 Å². The molecule has 6 aromatic rings. The summed E-state index contributed by atoms with van der Waals surface area (Å²) in [5.74, 6) is 0.614. The molecule has 0 saturated carbocycles. The first-order valence-electron chi connectivity index (χ1n) is 26.3. The summed E-state index contributed by atoms with van der Waals surface area (Å²) >= 11 is 0. The third-order valence-corrected chi connectivity index (χ3v) is 9.25. The van der Waals surface area contributed by atoms with Crippen LogP contribution < -0.4 is 10.6 Å². The number of para-hydroxylation sites is 2.